The minimum atomic E-state index is -0.239. The predicted octanol–water partition coefficient (Wildman–Crippen LogP) is 0.798. The van der Waals surface area contributed by atoms with Crippen LogP contribution in [0.1, 0.15) is 5.56 Å². The summed E-state index contributed by atoms with van der Waals surface area (Å²) in [5, 5.41) is 18.2. The molecule has 0 amide bonds. The molecule has 1 aliphatic heterocycles. The second-order valence-corrected chi connectivity index (χ2v) is 3.94. The molecule has 1 heterocycles. The highest BCUT2D eigenvalue weighted by atomic mass is 16.3. The van der Waals surface area contributed by atoms with Crippen molar-refractivity contribution in [2.24, 2.45) is 0 Å². The van der Waals surface area contributed by atoms with Gasteiger partial charge in [-0.05, 0) is 5.56 Å². The number of likely N-dealkylation sites (tertiary alicyclic amines) is 1. The van der Waals surface area contributed by atoms with Gasteiger partial charge in [0, 0.05) is 19.5 Å². The maximum atomic E-state index is 9.18. The molecule has 78 valence electrons. The predicted molar refractivity (Wildman–Crippen MR) is 57.1 cm³/mol. The van der Waals surface area contributed by atoms with Crippen LogP contribution in [0.3, 0.4) is 0 Å². The third kappa shape index (κ3) is 2.35. The summed E-state index contributed by atoms with van der Waals surface area (Å²) in [7, 11) is 0. The number of nitrogens with zero attached hydrogens (tertiary/aromatic N) is 2. The van der Waals surface area contributed by atoms with E-state index in [0.717, 1.165) is 6.42 Å². The van der Waals surface area contributed by atoms with Gasteiger partial charge in [0.15, 0.2) is 0 Å². The average Bonchev–Trinajstić information content (AvgIpc) is 2.23. The van der Waals surface area contributed by atoms with Gasteiger partial charge in [-0.25, -0.2) is 0 Å². The van der Waals surface area contributed by atoms with Gasteiger partial charge < -0.3 is 5.11 Å². The fourth-order valence-electron chi connectivity index (χ4n) is 1.84. The van der Waals surface area contributed by atoms with Crippen molar-refractivity contribution in [1.29, 1.82) is 5.26 Å². The lowest BCUT2D eigenvalue weighted by molar-refractivity contribution is -0.0119. The number of aliphatic hydroxyl groups excluding tert-OH is 1. The second kappa shape index (κ2) is 4.43. The van der Waals surface area contributed by atoms with Gasteiger partial charge in [0.05, 0.1) is 12.2 Å². The van der Waals surface area contributed by atoms with E-state index in [4.69, 9.17) is 5.26 Å². The molecule has 1 saturated heterocycles. The number of benzene rings is 1. The van der Waals surface area contributed by atoms with Crippen LogP contribution < -0.4 is 0 Å². The molecule has 1 unspecified atom stereocenters. The standard InChI is InChI=1S/C12H14N2O/c13-7-11(14-8-12(15)9-14)6-10-4-2-1-3-5-10/h1-5,11-12,15H,6,8-9H2. The molecular formula is C12H14N2O. The third-order valence-electron chi connectivity index (χ3n) is 2.75. The fraction of sp³-hybridized carbons (Fsp3) is 0.417. The Labute approximate surface area is 89.6 Å². The molecule has 1 aromatic carbocycles. The van der Waals surface area contributed by atoms with Crippen molar-refractivity contribution in [2.45, 2.75) is 18.6 Å². The van der Waals surface area contributed by atoms with Crippen molar-refractivity contribution in [2.75, 3.05) is 13.1 Å². The minimum Gasteiger partial charge on any atom is -0.390 e. The molecule has 3 nitrogen and oxygen atoms in total. The first-order valence-electron chi connectivity index (χ1n) is 5.15. The van der Waals surface area contributed by atoms with Gasteiger partial charge >= 0.3 is 0 Å². The smallest absolute Gasteiger partial charge is 0.102 e. The maximum absolute atomic E-state index is 9.18. The Hall–Kier alpha value is -1.37. The zero-order valence-electron chi connectivity index (χ0n) is 8.50. The van der Waals surface area contributed by atoms with Crippen LogP contribution >= 0.6 is 0 Å². The van der Waals surface area contributed by atoms with Crippen LogP contribution in [0.2, 0.25) is 0 Å². The number of aliphatic hydroxyl groups is 1. The van der Waals surface area contributed by atoms with Crippen molar-refractivity contribution in [3.05, 3.63) is 35.9 Å². The molecule has 0 aliphatic carbocycles. The first-order valence-corrected chi connectivity index (χ1v) is 5.15. The number of hydrogen-bond acceptors (Lipinski definition) is 3. The summed E-state index contributed by atoms with van der Waals surface area (Å²) in [5.41, 5.74) is 1.17. The molecule has 15 heavy (non-hydrogen) atoms. The monoisotopic (exact) mass is 202 g/mol. The highest BCUT2D eigenvalue weighted by Crippen LogP contribution is 2.15. The fourth-order valence-corrected chi connectivity index (χ4v) is 1.84. The van der Waals surface area contributed by atoms with E-state index < -0.39 is 0 Å². The Morgan fingerprint density at radius 2 is 2.07 bits per heavy atom. The number of hydrogen-bond donors (Lipinski definition) is 1. The lowest BCUT2D eigenvalue weighted by Gasteiger charge is -2.38. The molecule has 1 aliphatic rings. The van der Waals surface area contributed by atoms with Gasteiger partial charge in [-0.15, -0.1) is 0 Å². The molecule has 1 fully saturated rings. The molecule has 0 saturated carbocycles. The Morgan fingerprint density at radius 3 is 2.60 bits per heavy atom. The molecule has 3 heteroatoms. The summed E-state index contributed by atoms with van der Waals surface area (Å²) in [4.78, 5) is 2.01. The molecule has 2 rings (SSSR count). The quantitative estimate of drug-likeness (QED) is 0.788. The van der Waals surface area contributed by atoms with Crippen molar-refractivity contribution in [3.8, 4) is 6.07 Å². The Kier molecular flexibility index (Phi) is 3.00. The summed E-state index contributed by atoms with van der Waals surface area (Å²) < 4.78 is 0. The van der Waals surface area contributed by atoms with Crippen molar-refractivity contribution in [3.63, 3.8) is 0 Å². The van der Waals surface area contributed by atoms with Gasteiger partial charge in [0.25, 0.3) is 0 Å². The largest absolute Gasteiger partial charge is 0.390 e. The number of rotatable bonds is 3. The van der Waals surface area contributed by atoms with Crippen LogP contribution in [-0.4, -0.2) is 35.2 Å². The zero-order valence-corrected chi connectivity index (χ0v) is 8.50. The van der Waals surface area contributed by atoms with E-state index in [1.807, 2.05) is 35.2 Å². The van der Waals surface area contributed by atoms with Crippen molar-refractivity contribution >= 4 is 0 Å². The van der Waals surface area contributed by atoms with E-state index in [-0.39, 0.29) is 12.1 Å². The minimum absolute atomic E-state index is 0.101. The Balaban J connectivity index is 1.95. The summed E-state index contributed by atoms with van der Waals surface area (Å²) in [6.45, 7) is 1.26. The van der Waals surface area contributed by atoms with Crippen LogP contribution in [0, 0.1) is 11.3 Å². The van der Waals surface area contributed by atoms with Gasteiger partial charge in [-0.1, -0.05) is 30.3 Å². The molecule has 0 spiro atoms. The van der Waals surface area contributed by atoms with E-state index in [9.17, 15) is 5.11 Å². The van der Waals surface area contributed by atoms with Crippen molar-refractivity contribution < 1.29 is 5.11 Å². The molecule has 0 bridgehead atoms. The summed E-state index contributed by atoms with van der Waals surface area (Å²) in [6, 6.07) is 12.2. The topological polar surface area (TPSA) is 47.3 Å². The van der Waals surface area contributed by atoms with Crippen LogP contribution in [-0.2, 0) is 6.42 Å². The number of β-amino-alcohol motifs (C(OH)–C–C–N with tert-alkyl or cyclic N) is 1. The molecule has 1 N–H and O–H groups in total. The molecule has 1 atom stereocenters. The van der Waals surface area contributed by atoms with Gasteiger partial charge in [-0.3, -0.25) is 4.90 Å². The van der Waals surface area contributed by atoms with Crippen LogP contribution in [0.15, 0.2) is 30.3 Å². The van der Waals surface area contributed by atoms with Crippen LogP contribution in [0.5, 0.6) is 0 Å². The molecule has 0 radical (unpaired) electrons. The summed E-state index contributed by atoms with van der Waals surface area (Å²) in [5.74, 6) is 0. The molecule has 1 aromatic rings. The normalized spacial score (nSPS) is 19.2. The van der Waals surface area contributed by atoms with E-state index >= 15 is 0 Å². The van der Waals surface area contributed by atoms with Gasteiger partial charge in [0.1, 0.15) is 6.04 Å². The van der Waals surface area contributed by atoms with E-state index in [2.05, 4.69) is 6.07 Å². The second-order valence-electron chi connectivity index (χ2n) is 3.94. The van der Waals surface area contributed by atoms with Gasteiger partial charge in [-0.2, -0.15) is 5.26 Å². The summed E-state index contributed by atoms with van der Waals surface area (Å²) >= 11 is 0. The number of nitriles is 1. The lowest BCUT2D eigenvalue weighted by atomic mass is 10.0. The van der Waals surface area contributed by atoms with Gasteiger partial charge in [0.2, 0.25) is 0 Å². The van der Waals surface area contributed by atoms with E-state index in [1.54, 1.807) is 0 Å². The molecule has 0 aromatic heterocycles. The van der Waals surface area contributed by atoms with E-state index in [1.165, 1.54) is 5.56 Å². The average molecular weight is 202 g/mol. The zero-order chi connectivity index (χ0) is 10.7. The SMILES string of the molecule is N#CC(Cc1ccccc1)N1CC(O)C1. The maximum Gasteiger partial charge on any atom is 0.102 e. The first kappa shape index (κ1) is 10.2. The first-order chi connectivity index (χ1) is 7.29. The van der Waals surface area contributed by atoms with E-state index in [0.29, 0.717) is 13.1 Å². The Morgan fingerprint density at radius 1 is 1.40 bits per heavy atom. The van der Waals surface area contributed by atoms with Crippen molar-refractivity contribution in [1.82, 2.24) is 4.90 Å². The molecular weight excluding hydrogens is 188 g/mol. The summed E-state index contributed by atoms with van der Waals surface area (Å²) in [6.07, 6.45) is 0.501. The lowest BCUT2D eigenvalue weighted by Crippen LogP contribution is -2.55. The Bertz CT molecular complexity index is 352. The van der Waals surface area contributed by atoms with Crippen LogP contribution in [0.4, 0.5) is 0 Å². The third-order valence-corrected chi connectivity index (χ3v) is 2.75. The highest BCUT2D eigenvalue weighted by Gasteiger charge is 2.30. The highest BCUT2D eigenvalue weighted by molar-refractivity contribution is 5.18. The van der Waals surface area contributed by atoms with Crippen LogP contribution in [0.25, 0.3) is 0 Å².